The van der Waals surface area contributed by atoms with Crippen LogP contribution in [-0.2, 0) is 16.1 Å². The van der Waals surface area contributed by atoms with E-state index in [9.17, 15) is 14.7 Å². The molecule has 4 unspecified atom stereocenters. The molecule has 0 bridgehead atoms. The Morgan fingerprint density at radius 2 is 2.03 bits per heavy atom. The fourth-order valence-corrected chi connectivity index (χ4v) is 4.62. The van der Waals surface area contributed by atoms with Crippen LogP contribution < -0.4 is 5.73 Å². The van der Waals surface area contributed by atoms with Crippen LogP contribution in [0.5, 0.6) is 0 Å². The number of anilines is 1. The molecular weight excluding hydrogens is 392 g/mol. The van der Waals surface area contributed by atoms with E-state index in [0.29, 0.717) is 10.7 Å². The van der Waals surface area contributed by atoms with Gasteiger partial charge in [0.25, 0.3) is 0 Å². The lowest BCUT2D eigenvalue weighted by atomic mass is 9.79. The molecule has 158 valence electrons. The van der Waals surface area contributed by atoms with Crippen LogP contribution in [0.1, 0.15) is 32.3 Å². The van der Waals surface area contributed by atoms with Crippen LogP contribution in [0.4, 0.5) is 5.82 Å². The van der Waals surface area contributed by atoms with Crippen LogP contribution in [0.3, 0.4) is 0 Å². The van der Waals surface area contributed by atoms with Crippen molar-refractivity contribution in [2.45, 2.75) is 45.4 Å². The number of pyridine rings is 1. The molecule has 0 spiro atoms. The number of aliphatic hydroxyl groups is 1. The highest BCUT2D eigenvalue weighted by Crippen LogP contribution is 2.47. The molecule has 8 nitrogen and oxygen atoms in total. The van der Waals surface area contributed by atoms with Crippen molar-refractivity contribution in [1.29, 1.82) is 0 Å². The topological polar surface area (TPSA) is 120 Å². The molecule has 1 amide bonds. The SMILES string of the molecule is CC(O)C1C(=O)N2C(C(=O)O)=C(S)C(C)C12.Nc1ccc(CN2CCCC2)cn1. The summed E-state index contributed by atoms with van der Waals surface area (Å²) in [5.74, 6) is -1.50. The molecule has 4 rings (SSSR count). The van der Waals surface area contributed by atoms with Crippen molar-refractivity contribution in [2.75, 3.05) is 18.8 Å². The largest absolute Gasteiger partial charge is 0.477 e. The molecule has 0 aliphatic carbocycles. The Kier molecular flexibility index (Phi) is 6.50. The normalized spacial score (nSPS) is 27.2. The predicted octanol–water partition coefficient (Wildman–Crippen LogP) is 1.33. The van der Waals surface area contributed by atoms with E-state index in [2.05, 4.69) is 28.6 Å². The summed E-state index contributed by atoms with van der Waals surface area (Å²) in [4.78, 5) is 30.9. The second-order valence-electron chi connectivity index (χ2n) is 7.87. The van der Waals surface area contributed by atoms with E-state index in [-0.39, 0.29) is 23.6 Å². The van der Waals surface area contributed by atoms with Crippen LogP contribution in [-0.4, -0.2) is 62.1 Å². The number of amides is 1. The monoisotopic (exact) mass is 420 g/mol. The van der Waals surface area contributed by atoms with Gasteiger partial charge in [0.15, 0.2) is 0 Å². The molecule has 0 saturated carbocycles. The van der Waals surface area contributed by atoms with Gasteiger partial charge in [0.05, 0.1) is 18.1 Å². The number of carboxylic acid groups (broad SMARTS) is 1. The van der Waals surface area contributed by atoms with Gasteiger partial charge >= 0.3 is 5.97 Å². The quantitative estimate of drug-likeness (QED) is 0.428. The maximum Gasteiger partial charge on any atom is 0.353 e. The summed E-state index contributed by atoms with van der Waals surface area (Å²) in [6.45, 7) is 6.84. The van der Waals surface area contributed by atoms with Gasteiger partial charge in [0, 0.05) is 23.6 Å². The van der Waals surface area contributed by atoms with E-state index in [1.165, 1.54) is 36.4 Å². The Morgan fingerprint density at radius 3 is 2.55 bits per heavy atom. The van der Waals surface area contributed by atoms with Gasteiger partial charge in [-0.1, -0.05) is 13.0 Å². The number of nitrogen functional groups attached to an aromatic ring is 1. The summed E-state index contributed by atoms with van der Waals surface area (Å²) in [6, 6.07) is 3.66. The molecule has 4 atom stereocenters. The van der Waals surface area contributed by atoms with Crippen molar-refractivity contribution in [1.82, 2.24) is 14.8 Å². The third-order valence-electron chi connectivity index (χ3n) is 5.79. The number of β-lactam (4-membered cyclic amide) rings is 1. The van der Waals surface area contributed by atoms with Gasteiger partial charge in [-0.2, -0.15) is 0 Å². The first-order chi connectivity index (χ1) is 13.7. The van der Waals surface area contributed by atoms with E-state index < -0.39 is 18.0 Å². The number of aliphatic carboxylic acids is 1. The second-order valence-corrected chi connectivity index (χ2v) is 8.35. The van der Waals surface area contributed by atoms with Crippen molar-refractivity contribution in [3.05, 3.63) is 34.5 Å². The Balaban J connectivity index is 0.000000169. The van der Waals surface area contributed by atoms with Crippen LogP contribution in [0, 0.1) is 11.8 Å². The predicted molar refractivity (Wildman–Crippen MR) is 112 cm³/mol. The number of aromatic nitrogens is 1. The zero-order valence-corrected chi connectivity index (χ0v) is 17.5. The molecule has 29 heavy (non-hydrogen) atoms. The van der Waals surface area contributed by atoms with E-state index >= 15 is 0 Å². The van der Waals surface area contributed by atoms with Crippen molar-refractivity contribution < 1.29 is 19.8 Å². The van der Waals surface area contributed by atoms with E-state index in [1.807, 2.05) is 19.2 Å². The summed E-state index contributed by atoms with van der Waals surface area (Å²) in [7, 11) is 0. The van der Waals surface area contributed by atoms with Crippen molar-refractivity contribution in [2.24, 2.45) is 11.8 Å². The molecule has 9 heteroatoms. The minimum absolute atomic E-state index is 0.0391. The summed E-state index contributed by atoms with van der Waals surface area (Å²) in [6.07, 6.45) is 3.78. The first-order valence-corrected chi connectivity index (χ1v) is 10.3. The summed E-state index contributed by atoms with van der Waals surface area (Å²) in [5.41, 5.74) is 6.73. The molecule has 0 aromatic carbocycles. The average Bonchev–Trinajstić information content (AvgIpc) is 3.24. The van der Waals surface area contributed by atoms with Gasteiger partial charge in [-0.05, 0) is 44.5 Å². The number of carboxylic acids is 1. The van der Waals surface area contributed by atoms with Crippen molar-refractivity contribution in [3.8, 4) is 0 Å². The summed E-state index contributed by atoms with van der Waals surface area (Å²) in [5, 5.41) is 18.5. The maximum atomic E-state index is 11.7. The third-order valence-corrected chi connectivity index (χ3v) is 6.41. The highest BCUT2D eigenvalue weighted by Gasteiger charge is 2.59. The average molecular weight is 421 g/mol. The number of thiol groups is 1. The van der Waals surface area contributed by atoms with E-state index in [4.69, 9.17) is 10.8 Å². The fraction of sp³-hybridized carbons (Fsp3) is 0.550. The fourth-order valence-electron chi connectivity index (χ4n) is 4.26. The maximum absolute atomic E-state index is 11.7. The molecule has 3 aliphatic rings. The van der Waals surface area contributed by atoms with Gasteiger partial charge in [-0.3, -0.25) is 9.69 Å². The zero-order valence-electron chi connectivity index (χ0n) is 16.7. The van der Waals surface area contributed by atoms with Crippen LogP contribution in [0.2, 0.25) is 0 Å². The first-order valence-electron chi connectivity index (χ1n) is 9.82. The first kappa shape index (κ1) is 21.6. The molecule has 4 heterocycles. The minimum atomic E-state index is -1.14. The number of hydrogen-bond donors (Lipinski definition) is 4. The van der Waals surface area contributed by atoms with Gasteiger partial charge in [-0.25, -0.2) is 9.78 Å². The number of hydrogen-bond acceptors (Lipinski definition) is 7. The van der Waals surface area contributed by atoms with Crippen LogP contribution >= 0.6 is 12.6 Å². The molecular formula is C20H28N4O4S. The van der Waals surface area contributed by atoms with Crippen molar-refractivity contribution >= 4 is 30.3 Å². The minimum Gasteiger partial charge on any atom is -0.477 e. The molecule has 0 radical (unpaired) electrons. The number of nitrogens with two attached hydrogens (primary N) is 1. The molecule has 1 aromatic heterocycles. The molecule has 3 aliphatic heterocycles. The van der Waals surface area contributed by atoms with Crippen molar-refractivity contribution in [3.63, 3.8) is 0 Å². The standard InChI is InChI=1S/C10H15N3.C10H13NO4S/c11-10-4-3-9(7-12-10)8-13-5-1-2-6-13;1-3-6-5(4(2)12)9(13)11(6)7(8(3)16)10(14)15/h3-4,7H,1-2,5-6,8H2,(H2,11,12);3-6,12,16H,1-2H3,(H,14,15). The molecule has 1 aromatic rings. The number of aliphatic hydroxyl groups excluding tert-OH is 1. The third kappa shape index (κ3) is 4.26. The molecule has 2 saturated heterocycles. The highest BCUT2D eigenvalue weighted by atomic mass is 32.1. The second kappa shape index (κ2) is 8.73. The lowest BCUT2D eigenvalue weighted by molar-refractivity contribution is -0.163. The van der Waals surface area contributed by atoms with E-state index in [0.717, 1.165) is 6.54 Å². The van der Waals surface area contributed by atoms with E-state index in [1.54, 1.807) is 6.92 Å². The smallest absolute Gasteiger partial charge is 0.353 e. The summed E-state index contributed by atoms with van der Waals surface area (Å²) >= 11 is 4.15. The number of likely N-dealkylation sites (tertiary alicyclic amines) is 1. The number of carbonyl (C=O) groups excluding carboxylic acids is 1. The van der Waals surface area contributed by atoms with Gasteiger partial charge in [0.2, 0.25) is 5.91 Å². The van der Waals surface area contributed by atoms with Gasteiger partial charge in [0.1, 0.15) is 11.5 Å². The van der Waals surface area contributed by atoms with Gasteiger partial charge in [-0.15, -0.1) is 12.6 Å². The lowest BCUT2D eigenvalue weighted by Gasteiger charge is -2.46. The van der Waals surface area contributed by atoms with Gasteiger partial charge < -0.3 is 20.8 Å². The summed E-state index contributed by atoms with van der Waals surface area (Å²) < 4.78 is 0. The highest BCUT2D eigenvalue weighted by molar-refractivity contribution is 7.84. The Hall–Kier alpha value is -2.10. The Morgan fingerprint density at radius 1 is 1.38 bits per heavy atom. The number of fused-ring (bicyclic) bond motifs is 1. The van der Waals surface area contributed by atoms with Crippen LogP contribution in [0.25, 0.3) is 0 Å². The van der Waals surface area contributed by atoms with Crippen LogP contribution in [0.15, 0.2) is 28.9 Å². The Labute approximate surface area is 175 Å². The number of rotatable bonds is 4. The molecule has 4 N–H and O–H groups in total. The number of nitrogens with zero attached hydrogens (tertiary/aromatic N) is 3. The lowest BCUT2D eigenvalue weighted by Crippen LogP contribution is -2.63. The zero-order chi connectivity index (χ0) is 21.3. The number of carbonyl (C=O) groups is 2. The Bertz CT molecular complexity index is 805. The molecule has 2 fully saturated rings.